The van der Waals surface area contributed by atoms with Gasteiger partial charge in [-0.25, -0.2) is 4.98 Å². The van der Waals surface area contributed by atoms with Gasteiger partial charge in [-0.3, -0.25) is 9.48 Å². The highest BCUT2D eigenvalue weighted by molar-refractivity contribution is 7.80. The van der Waals surface area contributed by atoms with Crippen molar-refractivity contribution >= 4 is 18.5 Å². The number of nitrogens with one attached hydrogen (secondary N) is 1. The maximum absolute atomic E-state index is 11.9. The predicted octanol–water partition coefficient (Wildman–Crippen LogP) is 1.08. The van der Waals surface area contributed by atoms with Gasteiger partial charge in [-0.05, 0) is 12.1 Å². The second-order valence-corrected chi connectivity index (χ2v) is 4.34. The third-order valence-electron chi connectivity index (χ3n) is 2.43. The molecule has 0 bridgehead atoms. The summed E-state index contributed by atoms with van der Waals surface area (Å²) in [7, 11) is 1.81. The van der Waals surface area contributed by atoms with Crippen LogP contribution in [0.5, 0.6) is 0 Å². The van der Waals surface area contributed by atoms with Crippen molar-refractivity contribution < 1.29 is 4.79 Å². The Kier molecular flexibility index (Phi) is 3.99. The highest BCUT2D eigenvalue weighted by atomic mass is 32.1. The predicted molar refractivity (Wildman–Crippen MR) is 70.7 cm³/mol. The molecule has 1 amide bonds. The first-order valence-electron chi connectivity index (χ1n) is 5.57. The zero-order chi connectivity index (χ0) is 13.0. The summed E-state index contributed by atoms with van der Waals surface area (Å²) in [4.78, 5) is 16.6. The van der Waals surface area contributed by atoms with Crippen molar-refractivity contribution in [2.24, 2.45) is 7.05 Å². The van der Waals surface area contributed by atoms with Crippen molar-refractivity contribution in [2.45, 2.75) is 11.3 Å². The first kappa shape index (κ1) is 12.6. The lowest BCUT2D eigenvalue weighted by Crippen LogP contribution is -2.26. The third kappa shape index (κ3) is 3.10. The van der Waals surface area contributed by atoms with Crippen LogP contribution in [-0.4, -0.2) is 27.2 Å². The molecule has 0 unspecified atom stereocenters. The van der Waals surface area contributed by atoms with Crippen LogP contribution in [0.1, 0.15) is 16.2 Å². The van der Waals surface area contributed by atoms with Gasteiger partial charge in [0.15, 0.2) is 5.82 Å². The Morgan fingerprint density at radius 1 is 1.44 bits per heavy atom. The summed E-state index contributed by atoms with van der Waals surface area (Å²) in [6.07, 6.45) is 2.25. The van der Waals surface area contributed by atoms with E-state index in [2.05, 4.69) is 28.0 Å². The molecule has 0 aliphatic carbocycles. The molecule has 18 heavy (non-hydrogen) atoms. The van der Waals surface area contributed by atoms with Gasteiger partial charge >= 0.3 is 0 Å². The zero-order valence-corrected chi connectivity index (χ0v) is 10.9. The lowest BCUT2D eigenvalue weighted by atomic mass is 10.2. The summed E-state index contributed by atoms with van der Waals surface area (Å²) in [5.41, 5.74) is 0.579. The van der Waals surface area contributed by atoms with E-state index in [0.717, 1.165) is 5.82 Å². The van der Waals surface area contributed by atoms with Gasteiger partial charge in [0.25, 0.3) is 5.91 Å². The summed E-state index contributed by atoms with van der Waals surface area (Å²) >= 11 is 4.24. The minimum absolute atomic E-state index is 0.128. The molecule has 5 nitrogen and oxygen atoms in total. The number of carbonyl (C=O) groups is 1. The van der Waals surface area contributed by atoms with Crippen LogP contribution in [0, 0.1) is 0 Å². The second kappa shape index (κ2) is 5.68. The number of nitrogens with zero attached hydrogens (tertiary/aromatic N) is 3. The van der Waals surface area contributed by atoms with Crippen LogP contribution in [0.3, 0.4) is 0 Å². The third-order valence-corrected chi connectivity index (χ3v) is 2.82. The number of amides is 1. The lowest BCUT2D eigenvalue weighted by Gasteiger charge is -2.05. The van der Waals surface area contributed by atoms with Crippen molar-refractivity contribution in [1.29, 1.82) is 0 Å². The fourth-order valence-electron chi connectivity index (χ4n) is 1.55. The van der Waals surface area contributed by atoms with E-state index in [9.17, 15) is 4.79 Å². The van der Waals surface area contributed by atoms with Crippen LogP contribution < -0.4 is 5.32 Å². The maximum atomic E-state index is 11.9. The molecule has 1 heterocycles. The quantitative estimate of drug-likeness (QED) is 0.811. The van der Waals surface area contributed by atoms with Crippen molar-refractivity contribution in [2.75, 3.05) is 6.54 Å². The molecule has 0 aliphatic heterocycles. The highest BCUT2D eigenvalue weighted by Gasteiger charge is 2.08. The fourth-order valence-corrected chi connectivity index (χ4v) is 1.81. The zero-order valence-electron chi connectivity index (χ0n) is 10.00. The van der Waals surface area contributed by atoms with E-state index in [4.69, 9.17) is 0 Å². The molecule has 0 saturated heterocycles. The normalized spacial score (nSPS) is 10.3. The van der Waals surface area contributed by atoms with Gasteiger partial charge in [0, 0.05) is 24.9 Å². The van der Waals surface area contributed by atoms with E-state index in [-0.39, 0.29) is 5.91 Å². The number of hydrogen-bond donors (Lipinski definition) is 2. The standard InChI is InChI=1S/C12H14N4OS/c1-16-8-14-11(15-16)6-7-13-12(17)9-4-2-3-5-10(9)18/h2-5,8,18H,6-7H2,1H3,(H,13,17). The summed E-state index contributed by atoms with van der Waals surface area (Å²) < 4.78 is 1.64. The number of carbonyl (C=O) groups excluding carboxylic acids is 1. The average molecular weight is 262 g/mol. The smallest absolute Gasteiger partial charge is 0.252 e. The lowest BCUT2D eigenvalue weighted by molar-refractivity contribution is 0.0951. The minimum Gasteiger partial charge on any atom is -0.352 e. The van der Waals surface area contributed by atoms with Gasteiger partial charge in [0.05, 0.1) is 5.56 Å². The number of thiol groups is 1. The molecule has 1 aromatic carbocycles. The van der Waals surface area contributed by atoms with Gasteiger partial charge in [0.1, 0.15) is 6.33 Å². The first-order valence-corrected chi connectivity index (χ1v) is 6.02. The van der Waals surface area contributed by atoms with Crippen LogP contribution in [0.4, 0.5) is 0 Å². The van der Waals surface area contributed by atoms with Crippen molar-refractivity contribution in [3.05, 3.63) is 42.0 Å². The van der Waals surface area contributed by atoms with Crippen LogP contribution in [0.2, 0.25) is 0 Å². The SMILES string of the molecule is Cn1cnc(CCNC(=O)c2ccccc2S)n1. The van der Waals surface area contributed by atoms with Crippen LogP contribution in [-0.2, 0) is 13.5 Å². The Morgan fingerprint density at radius 2 is 2.22 bits per heavy atom. The summed E-state index contributed by atoms with van der Waals surface area (Å²) in [5.74, 6) is 0.591. The topological polar surface area (TPSA) is 59.8 Å². The number of benzene rings is 1. The van der Waals surface area contributed by atoms with Crippen molar-refractivity contribution in [3.8, 4) is 0 Å². The molecule has 2 aromatic rings. The average Bonchev–Trinajstić information content (AvgIpc) is 2.75. The van der Waals surface area contributed by atoms with E-state index in [1.807, 2.05) is 19.2 Å². The van der Waals surface area contributed by atoms with Crippen LogP contribution in [0.15, 0.2) is 35.5 Å². The molecular formula is C12H14N4OS. The second-order valence-electron chi connectivity index (χ2n) is 3.86. The van der Waals surface area contributed by atoms with Gasteiger partial charge < -0.3 is 5.32 Å². The van der Waals surface area contributed by atoms with Crippen molar-refractivity contribution in [3.63, 3.8) is 0 Å². The van der Waals surface area contributed by atoms with E-state index in [0.29, 0.717) is 23.4 Å². The number of aromatic nitrogens is 3. The molecule has 0 fully saturated rings. The number of hydrogen-bond acceptors (Lipinski definition) is 4. The van der Waals surface area contributed by atoms with Crippen molar-refractivity contribution in [1.82, 2.24) is 20.1 Å². The van der Waals surface area contributed by atoms with E-state index >= 15 is 0 Å². The minimum atomic E-state index is -0.128. The Balaban J connectivity index is 1.87. The molecule has 0 aliphatic rings. The Bertz CT molecular complexity index is 553. The summed E-state index contributed by atoms with van der Waals surface area (Å²) in [6, 6.07) is 7.20. The van der Waals surface area contributed by atoms with E-state index in [1.165, 1.54) is 0 Å². The molecule has 6 heteroatoms. The van der Waals surface area contributed by atoms with E-state index < -0.39 is 0 Å². The molecule has 0 atom stereocenters. The highest BCUT2D eigenvalue weighted by Crippen LogP contribution is 2.12. The molecule has 1 N–H and O–H groups in total. The molecule has 0 radical (unpaired) electrons. The molecule has 2 rings (SSSR count). The molecule has 0 spiro atoms. The van der Waals surface area contributed by atoms with Crippen LogP contribution >= 0.6 is 12.6 Å². The number of aryl methyl sites for hydroxylation is 1. The Hall–Kier alpha value is -1.82. The van der Waals surface area contributed by atoms with Gasteiger partial charge in [-0.1, -0.05) is 12.1 Å². The van der Waals surface area contributed by atoms with Crippen LogP contribution in [0.25, 0.3) is 0 Å². The molecular weight excluding hydrogens is 248 g/mol. The van der Waals surface area contributed by atoms with E-state index in [1.54, 1.807) is 23.1 Å². The maximum Gasteiger partial charge on any atom is 0.252 e. The molecule has 1 aromatic heterocycles. The largest absolute Gasteiger partial charge is 0.352 e. The fraction of sp³-hybridized carbons (Fsp3) is 0.250. The molecule has 94 valence electrons. The number of rotatable bonds is 4. The molecule has 0 saturated carbocycles. The van der Waals surface area contributed by atoms with Gasteiger partial charge in [-0.2, -0.15) is 5.10 Å². The Morgan fingerprint density at radius 3 is 2.89 bits per heavy atom. The Labute approximate surface area is 111 Å². The monoisotopic (exact) mass is 262 g/mol. The van der Waals surface area contributed by atoms with Gasteiger partial charge in [-0.15, -0.1) is 12.6 Å². The first-order chi connectivity index (χ1) is 8.66. The summed E-state index contributed by atoms with van der Waals surface area (Å²) in [6.45, 7) is 0.505. The van der Waals surface area contributed by atoms with Gasteiger partial charge in [0.2, 0.25) is 0 Å². The summed E-state index contributed by atoms with van der Waals surface area (Å²) in [5, 5.41) is 6.96.